The summed E-state index contributed by atoms with van der Waals surface area (Å²) in [5.41, 5.74) is 5.75. The van der Waals surface area contributed by atoms with Crippen LogP contribution in [-0.2, 0) is 6.42 Å². The maximum Gasteiger partial charge on any atom is 0.271 e. The van der Waals surface area contributed by atoms with Gasteiger partial charge in [0.2, 0.25) is 0 Å². The second-order valence-corrected chi connectivity index (χ2v) is 9.23. The van der Waals surface area contributed by atoms with E-state index in [1.165, 1.54) is 41.2 Å². The first-order valence-electron chi connectivity index (χ1n) is 10.7. The lowest BCUT2D eigenvalue weighted by molar-refractivity contribution is 0.581. The predicted octanol–water partition coefficient (Wildman–Crippen LogP) is 4.60. The first-order valence-corrected chi connectivity index (χ1v) is 11.5. The van der Waals surface area contributed by atoms with Gasteiger partial charge in [-0.2, -0.15) is 0 Å². The summed E-state index contributed by atoms with van der Waals surface area (Å²) in [5.74, 6) is -0.637. The topological polar surface area (TPSA) is 34.4 Å². The zero-order valence-corrected chi connectivity index (χ0v) is 18.3. The number of nitrogens with zero attached hydrogens (tertiary/aromatic N) is 2. The molecule has 162 valence electrons. The summed E-state index contributed by atoms with van der Waals surface area (Å²) in [6.45, 7) is 0. The third-order valence-corrected chi connectivity index (χ3v) is 7.21. The van der Waals surface area contributed by atoms with E-state index >= 15 is 0 Å². The summed E-state index contributed by atoms with van der Waals surface area (Å²) in [4.78, 5) is 19.1. The molecule has 4 aromatic rings. The molecule has 1 atom stereocenters. The molecule has 1 aliphatic carbocycles. The van der Waals surface area contributed by atoms with Crippen LogP contribution in [0.3, 0.4) is 0 Å². The number of thiazole rings is 1. The van der Waals surface area contributed by atoms with Crippen molar-refractivity contribution in [1.29, 1.82) is 0 Å². The SMILES string of the molecule is O=c1/c(=C\c2ccc(F)cc2)sc2n1[C@@H](c1ccc(F)cc1)C1=C(N=2)c2ccccc2CC1. The van der Waals surface area contributed by atoms with Crippen molar-refractivity contribution in [2.75, 3.05) is 0 Å². The minimum Gasteiger partial charge on any atom is -0.272 e. The number of benzene rings is 3. The Morgan fingerprint density at radius 2 is 1.61 bits per heavy atom. The molecule has 2 heterocycles. The molecule has 0 radical (unpaired) electrons. The average Bonchev–Trinajstić information content (AvgIpc) is 3.14. The third-order valence-electron chi connectivity index (χ3n) is 6.23. The maximum absolute atomic E-state index is 13.7. The van der Waals surface area contributed by atoms with Gasteiger partial charge in [0.25, 0.3) is 5.56 Å². The van der Waals surface area contributed by atoms with Crippen molar-refractivity contribution in [2.24, 2.45) is 4.99 Å². The van der Waals surface area contributed by atoms with E-state index in [1.807, 2.05) is 12.1 Å². The molecule has 6 heteroatoms. The van der Waals surface area contributed by atoms with Crippen LogP contribution in [0.4, 0.5) is 8.78 Å². The number of hydrogen-bond acceptors (Lipinski definition) is 3. The van der Waals surface area contributed by atoms with E-state index in [9.17, 15) is 13.6 Å². The molecule has 0 saturated carbocycles. The van der Waals surface area contributed by atoms with E-state index in [2.05, 4.69) is 12.1 Å². The molecule has 0 saturated heterocycles. The van der Waals surface area contributed by atoms with Gasteiger partial charge in [-0.25, -0.2) is 13.8 Å². The molecular formula is C27H18F2N2OS. The molecular weight excluding hydrogens is 438 g/mol. The summed E-state index contributed by atoms with van der Waals surface area (Å²) >= 11 is 1.32. The normalized spacial score (nSPS) is 17.3. The molecule has 6 rings (SSSR count). The number of fused-ring (bicyclic) bond motifs is 3. The Kier molecular flexibility index (Phi) is 4.69. The lowest BCUT2D eigenvalue weighted by Crippen LogP contribution is -2.38. The van der Waals surface area contributed by atoms with Crippen LogP contribution in [0, 0.1) is 11.6 Å². The minimum absolute atomic E-state index is 0.150. The Bertz CT molecular complexity index is 1600. The van der Waals surface area contributed by atoms with Gasteiger partial charge in [0.05, 0.1) is 16.3 Å². The third kappa shape index (κ3) is 3.38. The fourth-order valence-corrected chi connectivity index (χ4v) is 5.68. The Balaban J connectivity index is 1.62. The predicted molar refractivity (Wildman–Crippen MR) is 126 cm³/mol. The van der Waals surface area contributed by atoms with Gasteiger partial charge < -0.3 is 0 Å². The van der Waals surface area contributed by atoms with Gasteiger partial charge in [-0.1, -0.05) is 59.9 Å². The number of halogens is 2. The van der Waals surface area contributed by atoms with Crippen LogP contribution >= 0.6 is 11.3 Å². The maximum atomic E-state index is 13.7. The van der Waals surface area contributed by atoms with E-state index in [0.717, 1.165) is 40.8 Å². The summed E-state index contributed by atoms with van der Waals surface area (Å²) in [5, 5.41) is 0. The highest BCUT2D eigenvalue weighted by atomic mass is 32.1. The highest BCUT2D eigenvalue weighted by Crippen LogP contribution is 2.41. The fourth-order valence-electron chi connectivity index (χ4n) is 4.68. The van der Waals surface area contributed by atoms with E-state index in [4.69, 9.17) is 4.99 Å². The molecule has 1 aromatic heterocycles. The molecule has 0 bridgehead atoms. The number of hydrogen-bond donors (Lipinski definition) is 0. The van der Waals surface area contributed by atoms with Crippen molar-refractivity contribution in [1.82, 2.24) is 4.57 Å². The van der Waals surface area contributed by atoms with E-state index < -0.39 is 0 Å². The van der Waals surface area contributed by atoms with Crippen molar-refractivity contribution < 1.29 is 8.78 Å². The van der Waals surface area contributed by atoms with Crippen LogP contribution in [0.5, 0.6) is 0 Å². The molecule has 3 aromatic carbocycles. The number of rotatable bonds is 2. The largest absolute Gasteiger partial charge is 0.272 e. The van der Waals surface area contributed by atoms with Gasteiger partial charge in [0.1, 0.15) is 11.6 Å². The van der Waals surface area contributed by atoms with Crippen LogP contribution in [0.1, 0.15) is 34.7 Å². The summed E-state index contributed by atoms with van der Waals surface area (Å²) in [6.07, 6.45) is 3.41. The van der Waals surface area contributed by atoms with Gasteiger partial charge in [0.15, 0.2) is 4.80 Å². The monoisotopic (exact) mass is 456 g/mol. The standard InChI is InChI=1S/C27H18F2N2OS/c28-19-10-5-16(6-11-19)15-23-26(32)31-25(18-7-12-20(29)13-8-18)22-14-9-17-3-1-2-4-21(17)24(22)30-27(31)33-23/h1-8,10-13,15,25H,9,14H2/b23-15+/t25-/m0/s1. The lowest BCUT2D eigenvalue weighted by atomic mass is 9.83. The highest BCUT2D eigenvalue weighted by Gasteiger charge is 2.32. The van der Waals surface area contributed by atoms with Crippen molar-refractivity contribution in [3.05, 3.63) is 132 Å². The number of aromatic nitrogens is 1. The molecule has 33 heavy (non-hydrogen) atoms. The first-order chi connectivity index (χ1) is 16.1. The van der Waals surface area contributed by atoms with Gasteiger partial charge in [-0.15, -0.1) is 0 Å². The van der Waals surface area contributed by atoms with Crippen molar-refractivity contribution in [2.45, 2.75) is 18.9 Å². The number of aryl methyl sites for hydroxylation is 1. The van der Waals surface area contributed by atoms with Crippen LogP contribution < -0.4 is 14.9 Å². The van der Waals surface area contributed by atoms with Crippen molar-refractivity contribution in [3.63, 3.8) is 0 Å². The molecule has 0 unspecified atom stereocenters. The summed E-state index contributed by atoms with van der Waals surface area (Å²) in [6, 6.07) is 20.3. The molecule has 0 N–H and O–H groups in total. The number of allylic oxidation sites excluding steroid dienone is 1. The van der Waals surface area contributed by atoms with Gasteiger partial charge in [-0.05, 0) is 65.4 Å². The van der Waals surface area contributed by atoms with Crippen LogP contribution in [0.15, 0.2) is 88.2 Å². The Hall–Kier alpha value is -3.64. The minimum atomic E-state index is -0.347. The molecule has 0 spiro atoms. The van der Waals surface area contributed by atoms with Gasteiger partial charge in [-0.3, -0.25) is 9.36 Å². The van der Waals surface area contributed by atoms with Crippen LogP contribution in [0.25, 0.3) is 11.8 Å². The second-order valence-electron chi connectivity index (χ2n) is 8.22. The van der Waals surface area contributed by atoms with Gasteiger partial charge >= 0.3 is 0 Å². The average molecular weight is 457 g/mol. The zero-order chi connectivity index (χ0) is 22.5. The second kappa shape index (κ2) is 7.74. The quantitative estimate of drug-likeness (QED) is 0.434. The highest BCUT2D eigenvalue weighted by molar-refractivity contribution is 7.07. The molecule has 2 aliphatic rings. The smallest absolute Gasteiger partial charge is 0.271 e. The van der Waals surface area contributed by atoms with E-state index in [1.54, 1.807) is 34.9 Å². The van der Waals surface area contributed by atoms with Crippen LogP contribution in [0.2, 0.25) is 0 Å². The fraction of sp³-hybridized carbons (Fsp3) is 0.111. The zero-order valence-electron chi connectivity index (χ0n) is 17.5. The van der Waals surface area contributed by atoms with E-state index in [0.29, 0.717) is 9.33 Å². The van der Waals surface area contributed by atoms with Gasteiger partial charge in [0, 0.05) is 5.56 Å². The first kappa shape index (κ1) is 20.0. The van der Waals surface area contributed by atoms with Crippen LogP contribution in [-0.4, -0.2) is 4.57 Å². The Morgan fingerprint density at radius 1 is 0.909 bits per heavy atom. The Labute approximate surface area is 192 Å². The lowest BCUT2D eigenvalue weighted by Gasteiger charge is -2.30. The Morgan fingerprint density at radius 3 is 2.36 bits per heavy atom. The van der Waals surface area contributed by atoms with Crippen molar-refractivity contribution >= 4 is 23.1 Å². The summed E-state index contributed by atoms with van der Waals surface area (Å²) < 4.78 is 29.3. The molecule has 0 fully saturated rings. The van der Waals surface area contributed by atoms with E-state index in [-0.39, 0.29) is 23.2 Å². The summed E-state index contributed by atoms with van der Waals surface area (Å²) in [7, 11) is 0. The van der Waals surface area contributed by atoms with Crippen molar-refractivity contribution in [3.8, 4) is 0 Å². The molecule has 1 aliphatic heterocycles. The molecule has 0 amide bonds. The molecule has 3 nitrogen and oxygen atoms in total.